The molecule has 0 saturated carbocycles. The lowest BCUT2D eigenvalue weighted by Gasteiger charge is -2.33. The fourth-order valence-electron chi connectivity index (χ4n) is 3.15. The van der Waals surface area contributed by atoms with Crippen LogP contribution in [0.15, 0.2) is 30.3 Å². The van der Waals surface area contributed by atoms with Gasteiger partial charge in [0.1, 0.15) is 5.82 Å². The van der Waals surface area contributed by atoms with Crippen molar-refractivity contribution in [1.82, 2.24) is 20.0 Å². The van der Waals surface area contributed by atoms with Crippen molar-refractivity contribution in [1.29, 1.82) is 0 Å². The number of anilines is 1. The second-order valence-corrected chi connectivity index (χ2v) is 6.47. The summed E-state index contributed by atoms with van der Waals surface area (Å²) in [5, 5.41) is 10.0. The molecule has 2 amide bonds. The molecule has 3 rings (SSSR count). The van der Waals surface area contributed by atoms with Gasteiger partial charge in [-0.3, -0.25) is 14.9 Å². The summed E-state index contributed by atoms with van der Waals surface area (Å²) in [4.78, 5) is 14.5. The van der Waals surface area contributed by atoms with Crippen LogP contribution in [-0.4, -0.2) is 39.8 Å². The summed E-state index contributed by atoms with van der Waals surface area (Å²) in [7, 11) is 1.82. The number of hydrogen-bond donors (Lipinski definition) is 2. The molecular formula is C18H25N5O. The lowest BCUT2D eigenvalue weighted by molar-refractivity contribution is 0.186. The Balaban J connectivity index is 1.50. The first-order chi connectivity index (χ1) is 11.5. The van der Waals surface area contributed by atoms with Crippen molar-refractivity contribution in [3.8, 4) is 0 Å². The first-order valence-electron chi connectivity index (χ1n) is 8.39. The van der Waals surface area contributed by atoms with Crippen LogP contribution in [-0.2, 0) is 20.0 Å². The fourth-order valence-corrected chi connectivity index (χ4v) is 3.15. The van der Waals surface area contributed by atoms with Gasteiger partial charge in [-0.25, -0.2) is 4.79 Å². The molecule has 0 spiro atoms. The van der Waals surface area contributed by atoms with Crippen molar-refractivity contribution < 1.29 is 4.79 Å². The van der Waals surface area contributed by atoms with E-state index < -0.39 is 0 Å². The zero-order valence-electron chi connectivity index (χ0n) is 14.5. The van der Waals surface area contributed by atoms with Crippen molar-refractivity contribution >= 4 is 11.8 Å². The molecule has 1 aliphatic heterocycles. The van der Waals surface area contributed by atoms with Crippen molar-refractivity contribution in [2.75, 3.05) is 18.4 Å². The zero-order valence-corrected chi connectivity index (χ0v) is 14.5. The summed E-state index contributed by atoms with van der Waals surface area (Å²) in [5.41, 5.74) is 3.72. The molecule has 1 aromatic heterocycles. The quantitative estimate of drug-likeness (QED) is 0.906. The number of carbonyl (C=O) groups is 1. The molecule has 6 nitrogen and oxygen atoms in total. The molecule has 0 unspecified atom stereocenters. The molecule has 6 heteroatoms. The second-order valence-electron chi connectivity index (χ2n) is 6.47. The summed E-state index contributed by atoms with van der Waals surface area (Å²) >= 11 is 0. The Hall–Kier alpha value is -2.34. The molecule has 128 valence electrons. The van der Waals surface area contributed by atoms with E-state index in [9.17, 15) is 4.79 Å². The van der Waals surface area contributed by atoms with Crippen LogP contribution in [0.25, 0.3) is 0 Å². The van der Waals surface area contributed by atoms with E-state index in [0.29, 0.717) is 12.4 Å². The van der Waals surface area contributed by atoms with Crippen molar-refractivity contribution in [3.05, 3.63) is 47.2 Å². The third-order valence-electron chi connectivity index (χ3n) is 4.59. The molecule has 2 N–H and O–H groups in total. The van der Waals surface area contributed by atoms with Gasteiger partial charge >= 0.3 is 6.03 Å². The minimum atomic E-state index is -0.192. The SMILES string of the molecule is Cc1cc(NC(=O)NC[C@@H](C)N2CCc3ccccc3C2)n(C)n1. The number of hydrogen-bond acceptors (Lipinski definition) is 3. The van der Waals surface area contributed by atoms with Crippen molar-refractivity contribution in [2.24, 2.45) is 7.05 Å². The van der Waals surface area contributed by atoms with Crippen molar-refractivity contribution in [2.45, 2.75) is 32.9 Å². The number of nitrogens with zero attached hydrogens (tertiary/aromatic N) is 3. The maximum atomic E-state index is 12.1. The van der Waals surface area contributed by atoms with Crippen molar-refractivity contribution in [3.63, 3.8) is 0 Å². The van der Waals surface area contributed by atoms with E-state index in [0.717, 1.165) is 25.2 Å². The van der Waals surface area contributed by atoms with Crippen LogP contribution in [0.4, 0.5) is 10.6 Å². The van der Waals surface area contributed by atoms with E-state index in [4.69, 9.17) is 0 Å². The third-order valence-corrected chi connectivity index (χ3v) is 4.59. The van der Waals surface area contributed by atoms with Crippen LogP contribution in [0.2, 0.25) is 0 Å². The van der Waals surface area contributed by atoms with Gasteiger partial charge in [-0.05, 0) is 31.4 Å². The lowest BCUT2D eigenvalue weighted by Crippen LogP contribution is -2.45. The van der Waals surface area contributed by atoms with Gasteiger partial charge in [0, 0.05) is 38.8 Å². The number of aromatic nitrogens is 2. The first kappa shape index (κ1) is 16.5. The van der Waals surface area contributed by atoms with Gasteiger partial charge in [-0.1, -0.05) is 24.3 Å². The van der Waals surface area contributed by atoms with Gasteiger partial charge in [0.2, 0.25) is 0 Å². The van der Waals surface area contributed by atoms with Crippen LogP contribution in [0.5, 0.6) is 0 Å². The van der Waals surface area contributed by atoms with E-state index in [1.54, 1.807) is 4.68 Å². The minimum absolute atomic E-state index is 0.192. The average molecular weight is 327 g/mol. The normalized spacial score (nSPS) is 15.6. The smallest absolute Gasteiger partial charge is 0.320 e. The number of nitrogens with one attached hydrogen (secondary N) is 2. The monoisotopic (exact) mass is 327 g/mol. The molecule has 0 bridgehead atoms. The number of amides is 2. The van der Waals surface area contributed by atoms with Crippen LogP contribution in [0.1, 0.15) is 23.7 Å². The maximum Gasteiger partial charge on any atom is 0.320 e. The molecule has 2 heterocycles. The highest BCUT2D eigenvalue weighted by atomic mass is 16.2. The van der Waals surface area contributed by atoms with E-state index in [1.165, 1.54) is 11.1 Å². The highest BCUT2D eigenvalue weighted by Crippen LogP contribution is 2.19. The standard InChI is InChI=1S/C18H25N5O/c1-13-10-17(22(3)21-13)20-18(24)19-11-14(2)23-9-8-15-6-4-5-7-16(15)12-23/h4-7,10,14H,8-9,11-12H2,1-3H3,(H2,19,20,24)/t14-/m1/s1. The molecule has 0 radical (unpaired) electrons. The zero-order chi connectivity index (χ0) is 17.1. The number of carbonyl (C=O) groups excluding carboxylic acids is 1. The molecule has 1 atom stereocenters. The van der Waals surface area contributed by atoms with Gasteiger partial charge < -0.3 is 5.32 Å². The van der Waals surface area contributed by atoms with E-state index >= 15 is 0 Å². The van der Waals surface area contributed by atoms with Gasteiger partial charge in [-0.2, -0.15) is 5.10 Å². The van der Waals surface area contributed by atoms with E-state index in [-0.39, 0.29) is 12.1 Å². The predicted octanol–water partition coefficient (Wildman–Crippen LogP) is 2.30. The molecule has 1 aliphatic rings. The Kier molecular flexibility index (Phi) is 4.85. The highest BCUT2D eigenvalue weighted by Gasteiger charge is 2.20. The molecule has 1 aromatic carbocycles. The molecular weight excluding hydrogens is 302 g/mol. The Morgan fingerprint density at radius 3 is 2.79 bits per heavy atom. The summed E-state index contributed by atoms with van der Waals surface area (Å²) in [6, 6.07) is 10.5. The lowest BCUT2D eigenvalue weighted by atomic mass is 9.99. The molecule has 0 saturated heterocycles. The van der Waals surface area contributed by atoms with E-state index in [2.05, 4.69) is 51.8 Å². The Labute approximate surface area is 142 Å². The molecule has 0 aliphatic carbocycles. The number of rotatable bonds is 4. The Morgan fingerprint density at radius 2 is 2.08 bits per heavy atom. The topological polar surface area (TPSA) is 62.2 Å². The Morgan fingerprint density at radius 1 is 1.33 bits per heavy atom. The van der Waals surface area contributed by atoms with Gasteiger partial charge in [0.15, 0.2) is 0 Å². The fraction of sp³-hybridized carbons (Fsp3) is 0.444. The van der Waals surface area contributed by atoms with Gasteiger partial charge in [0.05, 0.1) is 5.69 Å². The average Bonchev–Trinajstić information content (AvgIpc) is 2.89. The van der Waals surface area contributed by atoms with Crippen LogP contribution < -0.4 is 10.6 Å². The second kappa shape index (κ2) is 7.05. The number of benzene rings is 1. The largest absolute Gasteiger partial charge is 0.336 e. The maximum absolute atomic E-state index is 12.1. The van der Waals surface area contributed by atoms with E-state index in [1.807, 2.05) is 20.0 Å². The summed E-state index contributed by atoms with van der Waals surface area (Å²) in [6.45, 7) is 6.65. The van der Waals surface area contributed by atoms with Crippen LogP contribution >= 0.6 is 0 Å². The molecule has 0 fully saturated rings. The first-order valence-corrected chi connectivity index (χ1v) is 8.39. The van der Waals surface area contributed by atoms with Crippen LogP contribution in [0, 0.1) is 6.92 Å². The number of urea groups is 1. The van der Waals surface area contributed by atoms with Gasteiger partial charge in [-0.15, -0.1) is 0 Å². The third kappa shape index (κ3) is 3.76. The molecule has 24 heavy (non-hydrogen) atoms. The number of fused-ring (bicyclic) bond motifs is 1. The Bertz CT molecular complexity index is 724. The minimum Gasteiger partial charge on any atom is -0.336 e. The predicted molar refractivity (Wildman–Crippen MR) is 95.0 cm³/mol. The number of aryl methyl sites for hydroxylation is 2. The summed E-state index contributed by atoms with van der Waals surface area (Å²) in [5.74, 6) is 0.699. The summed E-state index contributed by atoms with van der Waals surface area (Å²) < 4.78 is 1.67. The van der Waals surface area contributed by atoms with Crippen LogP contribution in [0.3, 0.4) is 0 Å². The van der Waals surface area contributed by atoms with Gasteiger partial charge in [0.25, 0.3) is 0 Å². The highest BCUT2D eigenvalue weighted by molar-refractivity contribution is 5.88. The molecule has 2 aromatic rings. The summed E-state index contributed by atoms with van der Waals surface area (Å²) in [6.07, 6.45) is 1.07.